The third-order valence-electron chi connectivity index (χ3n) is 12.8. The van der Waals surface area contributed by atoms with Gasteiger partial charge in [0.15, 0.2) is 0 Å². The Bertz CT molecular complexity index is 2290. The Balaban J connectivity index is -0.000000168. The zero-order chi connectivity index (χ0) is 60.6. The number of hydrogen-bond donors (Lipinski definition) is 9. The van der Waals surface area contributed by atoms with Gasteiger partial charge in [-0.1, -0.05) is 57.4 Å². The van der Waals surface area contributed by atoms with Gasteiger partial charge >= 0.3 is 0 Å². The standard InChI is InChI=1S/2C24H30N2O2.2C3H7ClO2.2C3H5ClO.CH2Cl2.CH4.2Ac.2Co.H3N.3H2O/c2*1-15-9-17(3)23(27)19(11-15)13-25-21-7-5-6-8-22(21)26-14-20-12-16(2)10-18(4)24(20)28;2*4-1-3(6)2-5;2*4-1-3-2-5-3;2-1-3;;;;;;;;;/h2*9-14,21-22,27-28H,5-8H2,1-4H3;2*3,5-6H,1-2H2;2*3H,1-2H2;1H2;1H4;;;;;1H3;3*1H2/t2*21-,22-;4*3-;;;;;;;;;;/m110011........../s1. The molecule has 0 amide bonds. The maximum Gasteiger partial charge on any atom is 0.127 e. The minimum absolute atomic E-state index is 0. The Hall–Kier alpha value is -0.00390. The van der Waals surface area contributed by atoms with Gasteiger partial charge in [0.05, 0.1) is 104 Å². The van der Waals surface area contributed by atoms with Gasteiger partial charge in [-0.3, -0.25) is 20.0 Å². The van der Waals surface area contributed by atoms with E-state index in [2.05, 4.69) is 0 Å². The van der Waals surface area contributed by atoms with E-state index in [4.69, 9.17) is 119 Å². The van der Waals surface area contributed by atoms with Gasteiger partial charge in [-0.25, -0.2) is 0 Å². The first-order valence-electron chi connectivity index (χ1n) is 27.1. The Kier molecular flexibility index (Phi) is 70.9. The molecule has 4 fully saturated rings. The van der Waals surface area contributed by atoms with Gasteiger partial charge in [0.1, 0.15) is 23.0 Å². The molecular formula is C62H99Ac2Cl6Co2N5O13. The molecule has 0 bridgehead atoms. The van der Waals surface area contributed by atoms with Crippen LogP contribution in [0.25, 0.3) is 0 Å². The monoisotopic (exact) mass is 1900 g/mol. The SMILES string of the molecule is C.Cc1cc(C)c(O)c(C=N[C@@H]2CCCC[C@H]2N=Cc2cc(C)cc(C)c2O)c1.Cc1cc(C)c(O)c(C=N[C@@H]2CCCC[C@H]2N=Cc2cc(C)cc(C)c2O)c1.ClCCl.ClC[C@@H]1CO1.ClC[C@@H]1CO1.N.O.O.O.OC[C@@H](O)CCl.OC[C@@H](O)CCl.[Ac].[Ac].[Co].[Co]. The van der Waals surface area contributed by atoms with E-state index in [-0.39, 0.29) is 206 Å². The van der Waals surface area contributed by atoms with Gasteiger partial charge in [-0.2, -0.15) is 0 Å². The zero-order valence-electron chi connectivity index (χ0n) is 52.0. The van der Waals surface area contributed by atoms with E-state index < -0.39 is 12.2 Å². The van der Waals surface area contributed by atoms with E-state index in [0.29, 0.717) is 47.0 Å². The van der Waals surface area contributed by atoms with Crippen LogP contribution in [0.5, 0.6) is 23.0 Å². The third kappa shape index (κ3) is 43.3. The Morgan fingerprint density at radius 3 is 0.756 bits per heavy atom. The Morgan fingerprint density at radius 2 is 0.633 bits per heavy atom. The second kappa shape index (κ2) is 60.2. The Labute approximate surface area is 657 Å². The summed E-state index contributed by atoms with van der Waals surface area (Å²) in [6.45, 7) is 17.0. The largest absolute Gasteiger partial charge is 0.507 e. The number of ether oxygens (including phenoxy) is 2. The molecule has 4 aromatic carbocycles. The first-order valence-corrected chi connectivity index (χ1v) is 30.3. The van der Waals surface area contributed by atoms with E-state index in [1.807, 2.05) is 104 Å². The molecule has 28 heteroatoms. The summed E-state index contributed by atoms with van der Waals surface area (Å²) in [6, 6.07) is 16.1. The maximum atomic E-state index is 10.3. The van der Waals surface area contributed by atoms with Crippen LogP contribution in [0.15, 0.2) is 68.5 Å². The molecule has 2 heterocycles. The summed E-state index contributed by atoms with van der Waals surface area (Å²) in [5.74, 6) is 2.74. The molecule has 17 N–H and O–H groups in total. The van der Waals surface area contributed by atoms with Gasteiger partial charge in [0.2, 0.25) is 0 Å². The number of aliphatic imine (C=N–C) groups is 4. The van der Waals surface area contributed by atoms with Crippen LogP contribution in [0.4, 0.5) is 0 Å². The van der Waals surface area contributed by atoms with Gasteiger partial charge in [-0.15, -0.1) is 69.6 Å². The van der Waals surface area contributed by atoms with E-state index >= 15 is 0 Å². The molecule has 0 unspecified atom stereocenters. The Morgan fingerprint density at radius 1 is 0.444 bits per heavy atom. The van der Waals surface area contributed by atoms with Crippen LogP contribution >= 0.6 is 69.6 Å². The number of aryl methyl sites for hydroxylation is 8. The fourth-order valence-corrected chi connectivity index (χ4v) is 8.91. The number of rotatable bonds is 14. The number of nitrogens with zero attached hydrogens (tertiary/aromatic N) is 4. The molecule has 4 aliphatic rings. The van der Waals surface area contributed by atoms with Crippen LogP contribution < -0.4 is 6.15 Å². The molecule has 4 aromatic rings. The summed E-state index contributed by atoms with van der Waals surface area (Å²) in [5, 5.41) is 74.0. The van der Waals surface area contributed by atoms with Gasteiger partial charge < -0.3 is 72.9 Å². The number of alkyl halides is 6. The van der Waals surface area contributed by atoms with Crippen LogP contribution in [0.2, 0.25) is 0 Å². The van der Waals surface area contributed by atoms with Crippen LogP contribution in [-0.4, -0.2) is 186 Å². The van der Waals surface area contributed by atoms with Crippen molar-refractivity contribution in [3.63, 3.8) is 0 Å². The van der Waals surface area contributed by atoms with E-state index in [1.54, 1.807) is 24.9 Å². The molecule has 2 aliphatic carbocycles. The molecule has 8 atom stereocenters. The number of benzene rings is 4. The predicted molar refractivity (Wildman–Crippen MR) is 360 cm³/mol. The second-order valence-electron chi connectivity index (χ2n) is 20.3. The van der Waals surface area contributed by atoms with E-state index in [0.717, 1.165) is 131 Å². The predicted octanol–water partition coefficient (Wildman–Crippen LogP) is 10.5. The number of phenolic OH excluding ortho intramolecular Hbond substituents is 4. The molecule has 8 rings (SSSR count). The van der Waals surface area contributed by atoms with Crippen molar-refractivity contribution in [1.82, 2.24) is 6.15 Å². The molecular weight excluding hydrogens is 1810 g/mol. The van der Waals surface area contributed by atoms with Crippen LogP contribution in [0.3, 0.4) is 0 Å². The molecule has 2 aliphatic heterocycles. The summed E-state index contributed by atoms with van der Waals surface area (Å²) >= 11 is 30.2. The quantitative estimate of drug-likeness (QED) is 0.0325. The summed E-state index contributed by atoms with van der Waals surface area (Å²) < 4.78 is 9.45. The first kappa shape index (κ1) is 106. The molecule has 516 valence electrons. The van der Waals surface area contributed by atoms with Crippen LogP contribution in [-0.2, 0) is 43.0 Å². The normalized spacial score (nSPS) is 18.6. The molecule has 2 saturated heterocycles. The summed E-state index contributed by atoms with van der Waals surface area (Å²) in [4.78, 5) is 19.1. The fourth-order valence-electron chi connectivity index (χ4n) is 8.36. The topological polar surface area (TPSA) is 366 Å². The molecule has 18 nitrogen and oxygen atoms in total. The molecule has 2 saturated carbocycles. The number of aliphatic hydroxyl groups excluding tert-OH is 4. The van der Waals surface area contributed by atoms with Crippen LogP contribution in [0, 0.1) is 144 Å². The summed E-state index contributed by atoms with van der Waals surface area (Å²) in [7, 11) is 0. The van der Waals surface area contributed by atoms with Crippen LogP contribution in [0.1, 0.15) is 126 Å². The average molecular weight is 1910 g/mol. The zero-order valence-corrected chi connectivity index (χ0v) is 68.2. The fraction of sp³-hybridized carbons (Fsp3) is 0.548. The van der Waals surface area contributed by atoms with Crippen molar-refractivity contribution in [2.45, 2.75) is 163 Å². The molecule has 90 heavy (non-hydrogen) atoms. The van der Waals surface area contributed by atoms with Gasteiger partial charge in [0.25, 0.3) is 0 Å². The minimum Gasteiger partial charge on any atom is -0.507 e. The smallest absolute Gasteiger partial charge is 0.127 e. The van der Waals surface area contributed by atoms with Crippen molar-refractivity contribution in [1.29, 1.82) is 0 Å². The maximum absolute atomic E-state index is 10.3. The molecule has 0 spiro atoms. The minimum atomic E-state index is -0.744. The van der Waals surface area contributed by atoms with Crippen molar-refractivity contribution >= 4 is 94.5 Å². The number of aromatic hydroxyl groups is 4. The molecule has 0 aromatic heterocycles. The van der Waals surface area contributed by atoms with Crippen molar-refractivity contribution < 1.29 is 188 Å². The first-order chi connectivity index (χ1) is 38.6. The third-order valence-corrected chi connectivity index (χ3v) is 14.2. The van der Waals surface area contributed by atoms with Crippen molar-refractivity contribution in [2.75, 3.05) is 55.3 Å². The summed E-state index contributed by atoms with van der Waals surface area (Å²) in [5.41, 5.74) is 11.0. The van der Waals surface area contributed by atoms with Crippen molar-refractivity contribution in [3.05, 3.63) is 115 Å². The van der Waals surface area contributed by atoms with E-state index in [1.165, 1.54) is 0 Å². The van der Waals surface area contributed by atoms with Crippen molar-refractivity contribution in [2.24, 2.45) is 20.0 Å². The number of aliphatic hydroxyl groups is 4. The summed E-state index contributed by atoms with van der Waals surface area (Å²) in [6.07, 6.45) is 15.0. The number of halogens is 6. The average Bonchev–Trinajstić information content (AvgIpc) is 4.56. The number of epoxide rings is 2. The van der Waals surface area contributed by atoms with Gasteiger partial charge in [-0.05, 0) is 150 Å². The molecule has 4 radical (unpaired) electrons. The van der Waals surface area contributed by atoms with Crippen molar-refractivity contribution in [3.8, 4) is 23.0 Å². The number of phenols is 4. The number of hydrogen-bond acceptors (Lipinski definition) is 15. The second-order valence-corrected chi connectivity index (χ2v) is 22.4. The van der Waals surface area contributed by atoms with Gasteiger partial charge in [0, 0.05) is 169 Å². The van der Waals surface area contributed by atoms with E-state index in [9.17, 15) is 20.4 Å².